The molecule has 1 aromatic heterocycles. The molecule has 6 nitrogen and oxygen atoms in total. The number of para-hydroxylation sites is 1. The third kappa shape index (κ3) is 4.14. The Hall–Kier alpha value is -3.67. The number of carbonyl (C=O) groups is 2. The van der Waals surface area contributed by atoms with Crippen molar-refractivity contribution in [3.63, 3.8) is 0 Å². The Labute approximate surface area is 181 Å². The second-order valence-electron chi connectivity index (χ2n) is 7.77. The average molecular weight is 415 g/mol. The number of hydrazone groups is 1. The van der Waals surface area contributed by atoms with Crippen LogP contribution in [0.5, 0.6) is 0 Å². The van der Waals surface area contributed by atoms with Crippen LogP contribution in [0.2, 0.25) is 0 Å². The third-order valence-electron chi connectivity index (χ3n) is 5.57. The fourth-order valence-electron chi connectivity index (χ4n) is 3.79. The largest absolute Gasteiger partial charge is 0.455 e. The molecular weight excluding hydrogens is 390 g/mol. The number of fused-ring (bicyclic) bond motifs is 1. The molecule has 1 aliphatic rings. The van der Waals surface area contributed by atoms with E-state index in [9.17, 15) is 9.59 Å². The Balaban J connectivity index is 1.59. The molecule has 1 heterocycles. The number of nitrogens with one attached hydrogen (secondary N) is 1. The van der Waals surface area contributed by atoms with Gasteiger partial charge in [-0.05, 0) is 51.0 Å². The number of hydrogen-bond donors (Lipinski definition) is 1. The van der Waals surface area contributed by atoms with Gasteiger partial charge in [-0.3, -0.25) is 9.59 Å². The fraction of sp³-hybridized carbons (Fsp3) is 0.240. The highest BCUT2D eigenvalue weighted by molar-refractivity contribution is 6.10. The zero-order chi connectivity index (χ0) is 22.0. The summed E-state index contributed by atoms with van der Waals surface area (Å²) in [7, 11) is 1.73. The van der Waals surface area contributed by atoms with Crippen molar-refractivity contribution in [2.75, 3.05) is 11.9 Å². The van der Waals surface area contributed by atoms with Gasteiger partial charge in [0.2, 0.25) is 0 Å². The Morgan fingerprint density at radius 3 is 2.42 bits per heavy atom. The summed E-state index contributed by atoms with van der Waals surface area (Å²) in [5.41, 5.74) is 7.42. The minimum Gasteiger partial charge on any atom is -0.455 e. The average Bonchev–Trinajstić information content (AvgIpc) is 3.14. The first-order valence-electron chi connectivity index (χ1n) is 10.3. The molecule has 0 radical (unpaired) electrons. The maximum Gasteiger partial charge on any atom is 0.294 e. The monoisotopic (exact) mass is 415 g/mol. The molecule has 1 N–H and O–H groups in total. The number of aryl methyl sites for hydroxylation is 2. The lowest BCUT2D eigenvalue weighted by molar-refractivity contribution is 0.0951. The molecule has 0 saturated carbocycles. The number of carbonyl (C=O) groups excluding carboxylic acids is 2. The van der Waals surface area contributed by atoms with Gasteiger partial charge in [0.05, 0.1) is 5.71 Å². The van der Waals surface area contributed by atoms with Crippen LogP contribution in [0, 0.1) is 13.8 Å². The molecule has 158 valence electrons. The minimum atomic E-state index is -0.263. The molecule has 0 fully saturated rings. The zero-order valence-electron chi connectivity index (χ0n) is 17.9. The molecule has 0 atom stereocenters. The van der Waals surface area contributed by atoms with Crippen molar-refractivity contribution in [1.82, 2.24) is 5.43 Å². The van der Waals surface area contributed by atoms with E-state index in [0.717, 1.165) is 46.7 Å². The predicted octanol–water partition coefficient (Wildman–Crippen LogP) is 4.64. The van der Waals surface area contributed by atoms with Gasteiger partial charge in [0.25, 0.3) is 11.8 Å². The van der Waals surface area contributed by atoms with Gasteiger partial charge < -0.3 is 9.32 Å². The van der Waals surface area contributed by atoms with Crippen LogP contribution in [0.4, 0.5) is 5.69 Å². The second-order valence-corrected chi connectivity index (χ2v) is 7.77. The summed E-state index contributed by atoms with van der Waals surface area (Å²) in [5, 5.41) is 4.39. The SMILES string of the molecule is Cc1ccc(C(=O)N/N=C2\CCCc3oc(C(=O)N(C)c4ccccc4)c(C)c32)cc1. The summed E-state index contributed by atoms with van der Waals surface area (Å²) >= 11 is 0. The van der Waals surface area contributed by atoms with Gasteiger partial charge in [-0.25, -0.2) is 5.43 Å². The van der Waals surface area contributed by atoms with E-state index in [4.69, 9.17) is 4.42 Å². The lowest BCUT2D eigenvalue weighted by Crippen LogP contribution is -2.26. The standard InChI is InChI=1S/C25H25N3O3/c1-16-12-14-18(15-13-16)24(29)27-26-20-10-7-11-21-22(20)17(2)23(31-21)25(30)28(3)19-8-5-4-6-9-19/h4-6,8-9,12-15H,7,10-11H2,1-3H3,(H,27,29)/b26-20+. The highest BCUT2D eigenvalue weighted by Gasteiger charge is 2.29. The lowest BCUT2D eigenvalue weighted by Gasteiger charge is -2.16. The van der Waals surface area contributed by atoms with Crippen molar-refractivity contribution in [2.45, 2.75) is 33.1 Å². The molecule has 31 heavy (non-hydrogen) atoms. The van der Waals surface area contributed by atoms with E-state index in [-0.39, 0.29) is 11.8 Å². The lowest BCUT2D eigenvalue weighted by atomic mass is 9.93. The third-order valence-corrected chi connectivity index (χ3v) is 5.57. The van der Waals surface area contributed by atoms with Crippen LogP contribution in [-0.4, -0.2) is 24.6 Å². The van der Waals surface area contributed by atoms with E-state index in [1.807, 2.05) is 56.3 Å². The molecule has 0 saturated heterocycles. The summed E-state index contributed by atoms with van der Waals surface area (Å²) in [6.45, 7) is 3.85. The van der Waals surface area contributed by atoms with Crippen LogP contribution < -0.4 is 10.3 Å². The van der Waals surface area contributed by atoms with Crippen molar-refractivity contribution in [1.29, 1.82) is 0 Å². The van der Waals surface area contributed by atoms with Gasteiger partial charge in [-0.1, -0.05) is 35.9 Å². The molecular formula is C25H25N3O3. The van der Waals surface area contributed by atoms with E-state index in [1.165, 1.54) is 0 Å². The van der Waals surface area contributed by atoms with E-state index >= 15 is 0 Å². The van der Waals surface area contributed by atoms with Crippen molar-refractivity contribution in [3.8, 4) is 0 Å². The van der Waals surface area contributed by atoms with E-state index in [2.05, 4.69) is 10.5 Å². The van der Waals surface area contributed by atoms with Gasteiger partial charge >= 0.3 is 0 Å². The smallest absolute Gasteiger partial charge is 0.294 e. The van der Waals surface area contributed by atoms with Crippen LogP contribution in [0.1, 0.15) is 56.2 Å². The first-order chi connectivity index (χ1) is 15.0. The number of hydrogen-bond acceptors (Lipinski definition) is 4. The Bertz CT molecular complexity index is 1140. The first kappa shape index (κ1) is 20.6. The maximum atomic E-state index is 13.1. The fourth-order valence-corrected chi connectivity index (χ4v) is 3.79. The summed E-state index contributed by atoms with van der Waals surface area (Å²) in [6.07, 6.45) is 2.30. The van der Waals surface area contributed by atoms with E-state index in [1.54, 1.807) is 24.1 Å². The zero-order valence-corrected chi connectivity index (χ0v) is 17.9. The van der Waals surface area contributed by atoms with Crippen LogP contribution in [0.25, 0.3) is 0 Å². The normalized spacial score (nSPS) is 14.2. The molecule has 0 bridgehead atoms. The van der Waals surface area contributed by atoms with Gasteiger partial charge in [-0.2, -0.15) is 5.10 Å². The number of amides is 2. The van der Waals surface area contributed by atoms with Gasteiger partial charge in [0, 0.05) is 35.8 Å². The first-order valence-corrected chi connectivity index (χ1v) is 10.3. The molecule has 0 aliphatic heterocycles. The number of rotatable bonds is 4. The van der Waals surface area contributed by atoms with Crippen LogP contribution in [-0.2, 0) is 6.42 Å². The summed E-state index contributed by atoms with van der Waals surface area (Å²) in [4.78, 5) is 27.1. The molecule has 4 rings (SSSR count). The molecule has 2 aromatic carbocycles. The Morgan fingerprint density at radius 2 is 1.71 bits per heavy atom. The minimum absolute atomic E-state index is 0.207. The maximum absolute atomic E-state index is 13.1. The number of furan rings is 1. The number of anilines is 1. The topological polar surface area (TPSA) is 74.9 Å². The number of benzene rings is 2. The van der Waals surface area contributed by atoms with Crippen LogP contribution in [0.3, 0.4) is 0 Å². The van der Waals surface area contributed by atoms with Crippen molar-refractivity contribution in [3.05, 3.63) is 88.4 Å². The molecule has 1 aliphatic carbocycles. The molecule has 3 aromatic rings. The Kier molecular flexibility index (Phi) is 5.71. The molecule has 0 unspecified atom stereocenters. The summed E-state index contributed by atoms with van der Waals surface area (Å²) in [5.74, 6) is 0.592. The second kappa shape index (κ2) is 8.60. The Morgan fingerprint density at radius 1 is 1.00 bits per heavy atom. The van der Waals surface area contributed by atoms with Gasteiger partial charge in [-0.15, -0.1) is 0 Å². The molecule has 6 heteroatoms. The highest BCUT2D eigenvalue weighted by atomic mass is 16.4. The van der Waals surface area contributed by atoms with Crippen molar-refractivity contribution < 1.29 is 14.0 Å². The van der Waals surface area contributed by atoms with Crippen molar-refractivity contribution in [2.24, 2.45) is 5.10 Å². The molecule has 0 spiro atoms. The van der Waals surface area contributed by atoms with E-state index in [0.29, 0.717) is 17.7 Å². The van der Waals surface area contributed by atoms with Crippen LogP contribution in [0.15, 0.2) is 64.1 Å². The highest BCUT2D eigenvalue weighted by Crippen LogP contribution is 2.31. The van der Waals surface area contributed by atoms with Crippen LogP contribution >= 0.6 is 0 Å². The summed E-state index contributed by atoms with van der Waals surface area (Å²) in [6, 6.07) is 16.8. The van der Waals surface area contributed by atoms with Crippen molar-refractivity contribution >= 4 is 23.2 Å². The predicted molar refractivity (Wildman–Crippen MR) is 121 cm³/mol. The molecule has 2 amide bonds. The summed E-state index contributed by atoms with van der Waals surface area (Å²) < 4.78 is 5.99. The quantitative estimate of drug-likeness (QED) is 0.631. The van der Waals surface area contributed by atoms with E-state index < -0.39 is 0 Å². The van der Waals surface area contributed by atoms with Gasteiger partial charge in [0.1, 0.15) is 5.76 Å². The number of nitrogens with zero attached hydrogens (tertiary/aromatic N) is 2. The van der Waals surface area contributed by atoms with Gasteiger partial charge in [0.15, 0.2) is 5.76 Å².